The van der Waals surface area contributed by atoms with Gasteiger partial charge in [0.05, 0.1) is 35.2 Å². The summed E-state index contributed by atoms with van der Waals surface area (Å²) in [5, 5.41) is 0. The third-order valence-electron chi connectivity index (χ3n) is 6.46. The lowest BCUT2D eigenvalue weighted by atomic mass is 9.99. The van der Waals surface area contributed by atoms with Gasteiger partial charge in [-0.3, -0.25) is 9.00 Å². The van der Waals surface area contributed by atoms with E-state index in [1.165, 1.54) is 0 Å². The number of ketones is 1. The predicted molar refractivity (Wildman–Crippen MR) is 159 cm³/mol. The van der Waals surface area contributed by atoms with Crippen LogP contribution in [0.25, 0.3) is 17.2 Å². The van der Waals surface area contributed by atoms with Crippen LogP contribution >= 0.6 is 0 Å². The van der Waals surface area contributed by atoms with Gasteiger partial charge in [-0.1, -0.05) is 56.3 Å². The molecule has 1 heterocycles. The Kier molecular flexibility index (Phi) is 10.0. The van der Waals surface area contributed by atoms with Gasteiger partial charge in [0.2, 0.25) is 0 Å². The smallest absolute Gasteiger partial charge is 0.162 e. The Labute approximate surface area is 234 Å². The van der Waals surface area contributed by atoms with Crippen molar-refractivity contribution in [2.75, 3.05) is 6.61 Å². The fourth-order valence-electron chi connectivity index (χ4n) is 4.31. The molecule has 1 atom stereocenters. The van der Waals surface area contributed by atoms with Crippen molar-refractivity contribution in [3.05, 3.63) is 108 Å². The highest BCUT2D eigenvalue weighted by Gasteiger charge is 2.11. The first-order valence-electron chi connectivity index (χ1n) is 13.5. The summed E-state index contributed by atoms with van der Waals surface area (Å²) in [6.07, 6.45) is 7.79. The van der Waals surface area contributed by atoms with Crippen molar-refractivity contribution < 1.29 is 13.7 Å². The summed E-state index contributed by atoms with van der Waals surface area (Å²) in [6.45, 7) is 7.64. The molecular weight excluding hydrogens is 504 g/mol. The molecule has 1 aromatic heterocycles. The molecule has 3 aromatic carbocycles. The largest absolute Gasteiger partial charge is 0.494 e. The van der Waals surface area contributed by atoms with E-state index < -0.39 is 10.8 Å². The zero-order valence-electron chi connectivity index (χ0n) is 22.9. The summed E-state index contributed by atoms with van der Waals surface area (Å²) in [7, 11) is -1.17. The highest BCUT2D eigenvalue weighted by Crippen LogP contribution is 2.24. The molecule has 0 aliphatic carbocycles. The molecular formula is C33H36N2O3S. The van der Waals surface area contributed by atoms with Crippen molar-refractivity contribution in [3.8, 4) is 16.9 Å². The molecule has 0 saturated carbocycles. The number of carbonyl (C=O) groups excluding carboxylic acids is 1. The molecule has 0 aliphatic heterocycles. The predicted octanol–water partition coefficient (Wildman–Crippen LogP) is 7.27. The van der Waals surface area contributed by atoms with E-state index in [1.807, 2.05) is 61.5 Å². The first-order chi connectivity index (χ1) is 19.0. The Balaban J connectivity index is 1.37. The Bertz CT molecular complexity index is 1440. The summed E-state index contributed by atoms with van der Waals surface area (Å²) in [6, 6.07) is 23.8. The van der Waals surface area contributed by atoms with Crippen molar-refractivity contribution in [2.45, 2.75) is 57.2 Å². The number of aryl methyl sites for hydroxylation is 1. The normalized spacial score (nSPS) is 12.3. The van der Waals surface area contributed by atoms with Gasteiger partial charge in [-0.25, -0.2) is 4.98 Å². The number of rotatable bonds is 13. The lowest BCUT2D eigenvalue weighted by molar-refractivity contribution is -0.114. The van der Waals surface area contributed by atoms with Gasteiger partial charge in [0.15, 0.2) is 5.78 Å². The standard InChI is InChI=1S/C33H36N2O3S/c1-4-17-35-24-34-22-30(35)23-39(37)32-15-9-26(10-16-32)21-33(36)25(3)19-27-7-6-8-29(20-27)28-11-13-31(14-12-28)38-18-5-2/h6-16,19-20,22,24H,4-5,17-18,21,23H2,1-3H3/b25-19+. The van der Waals surface area contributed by atoms with Crippen molar-refractivity contribution in [1.82, 2.24) is 9.55 Å². The number of nitrogens with zero attached hydrogens (tertiary/aromatic N) is 2. The molecule has 0 N–H and O–H groups in total. The molecule has 0 spiro atoms. The van der Waals surface area contributed by atoms with Crippen LogP contribution in [0.3, 0.4) is 0 Å². The monoisotopic (exact) mass is 540 g/mol. The van der Waals surface area contributed by atoms with E-state index in [4.69, 9.17) is 4.74 Å². The summed E-state index contributed by atoms with van der Waals surface area (Å²) < 4.78 is 20.6. The lowest BCUT2D eigenvalue weighted by Crippen LogP contribution is -2.06. The van der Waals surface area contributed by atoms with E-state index in [1.54, 1.807) is 12.5 Å². The second-order valence-corrected chi connectivity index (χ2v) is 11.1. The topological polar surface area (TPSA) is 61.2 Å². The molecule has 0 aliphatic rings. The molecule has 0 saturated heterocycles. The Morgan fingerprint density at radius 3 is 2.46 bits per heavy atom. The molecule has 0 radical (unpaired) electrons. The zero-order valence-corrected chi connectivity index (χ0v) is 23.7. The van der Waals surface area contributed by atoms with Crippen LogP contribution in [0.2, 0.25) is 0 Å². The third kappa shape index (κ3) is 7.87. The summed E-state index contributed by atoms with van der Waals surface area (Å²) in [5.74, 6) is 1.36. The molecule has 1 unspecified atom stereocenters. The second-order valence-electron chi connectivity index (χ2n) is 9.64. The van der Waals surface area contributed by atoms with Gasteiger partial charge in [-0.2, -0.15) is 0 Å². The van der Waals surface area contributed by atoms with Crippen LogP contribution in [0, 0.1) is 0 Å². The zero-order chi connectivity index (χ0) is 27.6. The maximum Gasteiger partial charge on any atom is 0.162 e. The van der Waals surface area contributed by atoms with Gasteiger partial charge in [-0.05, 0) is 84.0 Å². The molecule has 0 amide bonds. The fraction of sp³-hybridized carbons (Fsp3) is 0.273. The van der Waals surface area contributed by atoms with Crippen molar-refractivity contribution in [1.29, 1.82) is 0 Å². The van der Waals surface area contributed by atoms with Gasteiger partial charge in [-0.15, -0.1) is 0 Å². The van der Waals surface area contributed by atoms with Crippen LogP contribution in [0.1, 0.15) is 50.4 Å². The van der Waals surface area contributed by atoms with E-state index in [2.05, 4.69) is 47.7 Å². The van der Waals surface area contributed by atoms with Gasteiger partial charge < -0.3 is 9.30 Å². The minimum Gasteiger partial charge on any atom is -0.494 e. The van der Waals surface area contributed by atoms with Crippen LogP contribution in [0.4, 0.5) is 0 Å². The molecule has 5 nitrogen and oxygen atoms in total. The van der Waals surface area contributed by atoms with Crippen molar-refractivity contribution in [3.63, 3.8) is 0 Å². The van der Waals surface area contributed by atoms with Gasteiger partial charge in [0.1, 0.15) is 5.75 Å². The summed E-state index contributed by atoms with van der Waals surface area (Å²) >= 11 is 0. The second kappa shape index (κ2) is 13.9. The van der Waals surface area contributed by atoms with Crippen LogP contribution in [-0.4, -0.2) is 26.2 Å². The quantitative estimate of drug-likeness (QED) is 0.167. The lowest BCUT2D eigenvalue weighted by Gasteiger charge is -2.08. The highest BCUT2D eigenvalue weighted by atomic mass is 32.2. The number of carbonyl (C=O) groups is 1. The van der Waals surface area contributed by atoms with Crippen LogP contribution in [0.15, 0.2) is 95.8 Å². The summed E-state index contributed by atoms with van der Waals surface area (Å²) in [5.41, 5.74) is 5.75. The molecule has 4 rings (SSSR count). The Morgan fingerprint density at radius 2 is 1.74 bits per heavy atom. The van der Waals surface area contributed by atoms with Gasteiger partial charge in [0.25, 0.3) is 0 Å². The minimum atomic E-state index is -1.17. The average Bonchev–Trinajstić information content (AvgIpc) is 3.39. The fourth-order valence-corrected chi connectivity index (χ4v) is 5.43. The number of ether oxygens (including phenoxy) is 1. The summed E-state index contributed by atoms with van der Waals surface area (Å²) in [4.78, 5) is 17.9. The number of allylic oxidation sites excluding steroid dienone is 1. The number of aromatic nitrogens is 2. The van der Waals surface area contributed by atoms with E-state index in [9.17, 15) is 9.00 Å². The average molecular weight is 541 g/mol. The number of imidazole rings is 1. The number of hydrogen-bond acceptors (Lipinski definition) is 4. The van der Waals surface area contributed by atoms with Crippen molar-refractivity contribution in [2.24, 2.45) is 0 Å². The molecule has 4 aromatic rings. The Hall–Kier alpha value is -3.77. The number of Topliss-reactive ketones (excluding diaryl/α,β-unsaturated/α-hetero) is 1. The van der Waals surface area contributed by atoms with Crippen LogP contribution in [0.5, 0.6) is 5.75 Å². The first-order valence-corrected chi connectivity index (χ1v) is 14.8. The molecule has 6 heteroatoms. The van der Waals surface area contributed by atoms with E-state index >= 15 is 0 Å². The third-order valence-corrected chi connectivity index (χ3v) is 7.82. The Morgan fingerprint density at radius 1 is 0.974 bits per heavy atom. The molecule has 202 valence electrons. The minimum absolute atomic E-state index is 0.0650. The van der Waals surface area contributed by atoms with Crippen molar-refractivity contribution >= 4 is 22.7 Å². The van der Waals surface area contributed by atoms with Gasteiger partial charge in [0, 0.05) is 24.1 Å². The van der Waals surface area contributed by atoms with E-state index in [-0.39, 0.29) is 5.78 Å². The SMILES string of the molecule is CCCOc1ccc(-c2cccc(/C=C(\C)C(=O)Cc3ccc(S(=O)Cc4cncn4CCC)cc3)c2)cc1. The van der Waals surface area contributed by atoms with Crippen LogP contribution in [-0.2, 0) is 34.3 Å². The molecule has 39 heavy (non-hydrogen) atoms. The highest BCUT2D eigenvalue weighted by molar-refractivity contribution is 7.84. The van der Waals surface area contributed by atoms with E-state index in [0.29, 0.717) is 24.4 Å². The van der Waals surface area contributed by atoms with E-state index in [0.717, 1.165) is 58.0 Å². The molecule has 0 fully saturated rings. The maximum atomic E-state index is 13.0. The molecule has 0 bridgehead atoms. The maximum absolute atomic E-state index is 13.0. The van der Waals surface area contributed by atoms with Gasteiger partial charge >= 0.3 is 0 Å². The van der Waals surface area contributed by atoms with Crippen LogP contribution < -0.4 is 4.74 Å². The number of benzene rings is 3. The first kappa shape index (κ1) is 28.2. The number of hydrogen-bond donors (Lipinski definition) is 0.